The fourth-order valence-electron chi connectivity index (χ4n) is 2.31. The lowest BCUT2D eigenvalue weighted by atomic mass is 10.1. The van der Waals surface area contributed by atoms with Gasteiger partial charge in [-0.2, -0.15) is 0 Å². The van der Waals surface area contributed by atoms with Crippen LogP contribution in [0.2, 0.25) is 0 Å². The minimum Gasteiger partial charge on any atom is -0.306 e. The molecule has 21 heavy (non-hydrogen) atoms. The first-order valence-corrected chi connectivity index (χ1v) is 7.18. The fourth-order valence-corrected chi connectivity index (χ4v) is 2.31. The molecule has 0 spiro atoms. The van der Waals surface area contributed by atoms with Gasteiger partial charge in [0.15, 0.2) is 0 Å². The number of rotatable bonds is 3. The molecule has 1 N–H and O–H groups in total. The van der Waals surface area contributed by atoms with Crippen molar-refractivity contribution in [3.8, 4) is 0 Å². The van der Waals surface area contributed by atoms with Crippen LogP contribution in [0.4, 0.5) is 0 Å². The zero-order chi connectivity index (χ0) is 15.2. The van der Waals surface area contributed by atoms with Gasteiger partial charge in [-0.3, -0.25) is 0 Å². The van der Waals surface area contributed by atoms with E-state index in [1.807, 2.05) is 19.1 Å². The van der Waals surface area contributed by atoms with Gasteiger partial charge in [0.2, 0.25) is 0 Å². The van der Waals surface area contributed by atoms with Crippen LogP contribution in [-0.2, 0) is 0 Å². The second-order valence-electron chi connectivity index (χ2n) is 5.17. The zero-order valence-electron chi connectivity index (χ0n) is 12.9. The van der Waals surface area contributed by atoms with Crippen LogP contribution in [0.15, 0.2) is 60.2 Å². The molecule has 1 nitrogen and oxygen atoms in total. The second-order valence-corrected chi connectivity index (χ2v) is 5.17. The highest BCUT2D eigenvalue weighted by molar-refractivity contribution is 5.90. The number of hydrogen-bond acceptors (Lipinski definition) is 1. The van der Waals surface area contributed by atoms with E-state index in [4.69, 9.17) is 5.41 Å². The number of allylic oxidation sites excluding steroid dienone is 4. The summed E-state index contributed by atoms with van der Waals surface area (Å²) in [6, 6.07) is 12.8. The zero-order valence-corrected chi connectivity index (χ0v) is 12.9. The Labute approximate surface area is 126 Å². The Kier molecular flexibility index (Phi) is 4.89. The van der Waals surface area contributed by atoms with E-state index >= 15 is 0 Å². The predicted molar refractivity (Wildman–Crippen MR) is 94.1 cm³/mol. The van der Waals surface area contributed by atoms with Gasteiger partial charge in [-0.05, 0) is 48.1 Å². The van der Waals surface area contributed by atoms with Gasteiger partial charge in [0.25, 0.3) is 0 Å². The molecular weight excluding hydrogens is 254 g/mol. The maximum atomic E-state index is 7.41. The number of hydrogen-bond donors (Lipinski definition) is 1. The molecule has 0 aliphatic carbocycles. The highest BCUT2D eigenvalue weighted by Crippen LogP contribution is 2.06. The molecule has 0 aliphatic heterocycles. The van der Waals surface area contributed by atoms with Crippen molar-refractivity contribution in [1.29, 1.82) is 5.41 Å². The van der Waals surface area contributed by atoms with E-state index in [1.165, 1.54) is 21.2 Å². The van der Waals surface area contributed by atoms with Gasteiger partial charge in [-0.25, -0.2) is 0 Å². The van der Waals surface area contributed by atoms with Crippen molar-refractivity contribution in [3.63, 3.8) is 0 Å². The summed E-state index contributed by atoms with van der Waals surface area (Å²) in [6.45, 7) is 5.90. The van der Waals surface area contributed by atoms with E-state index in [2.05, 4.69) is 61.5 Å². The summed E-state index contributed by atoms with van der Waals surface area (Å²) in [5.74, 6) is 0. The lowest BCUT2D eigenvalue weighted by Crippen LogP contribution is -2.24. The lowest BCUT2D eigenvalue weighted by molar-refractivity contribution is 1.48. The molecule has 1 heteroatoms. The number of fused-ring (bicyclic) bond motifs is 1. The molecule has 0 saturated heterocycles. The minimum atomic E-state index is 0.566. The predicted octanol–water partition coefficient (Wildman–Crippen LogP) is 3.96. The van der Waals surface area contributed by atoms with E-state index < -0.39 is 0 Å². The fraction of sp³-hybridized carbons (Fsp3) is 0.150. The first kappa shape index (κ1) is 15.0. The highest BCUT2D eigenvalue weighted by atomic mass is 14.4. The van der Waals surface area contributed by atoms with Crippen LogP contribution in [0.25, 0.3) is 22.9 Å². The summed E-state index contributed by atoms with van der Waals surface area (Å²) in [4.78, 5) is 0. The van der Waals surface area contributed by atoms with Gasteiger partial charge in [0.05, 0.1) is 0 Å². The SMILES string of the molecule is C\C=c1/c(=C\C=C(C)\C=C/C(C)=N)ccc2ccccc12. The molecule has 0 aliphatic rings. The highest BCUT2D eigenvalue weighted by Gasteiger charge is 1.94. The third-order valence-electron chi connectivity index (χ3n) is 3.42. The molecule has 0 aromatic heterocycles. The average Bonchev–Trinajstić information content (AvgIpc) is 2.50. The first-order valence-electron chi connectivity index (χ1n) is 7.18. The van der Waals surface area contributed by atoms with E-state index in [0.29, 0.717) is 5.71 Å². The van der Waals surface area contributed by atoms with Crippen molar-refractivity contribution in [2.45, 2.75) is 20.8 Å². The van der Waals surface area contributed by atoms with Crippen molar-refractivity contribution in [2.24, 2.45) is 0 Å². The Balaban J connectivity index is 2.55. The maximum Gasteiger partial charge on any atom is 0.0283 e. The third kappa shape index (κ3) is 3.79. The van der Waals surface area contributed by atoms with Crippen LogP contribution in [-0.4, -0.2) is 5.71 Å². The summed E-state index contributed by atoms with van der Waals surface area (Å²) in [5.41, 5.74) is 1.70. The molecule has 2 aromatic rings. The Hall–Kier alpha value is -2.41. The van der Waals surface area contributed by atoms with Crippen molar-refractivity contribution < 1.29 is 0 Å². The van der Waals surface area contributed by atoms with Crippen molar-refractivity contribution in [2.75, 3.05) is 0 Å². The summed E-state index contributed by atoms with van der Waals surface area (Å²) in [5, 5.41) is 12.4. The quantitative estimate of drug-likeness (QED) is 0.647. The Bertz CT molecular complexity index is 836. The Morgan fingerprint density at radius 3 is 2.48 bits per heavy atom. The summed E-state index contributed by atoms with van der Waals surface area (Å²) < 4.78 is 0. The van der Waals surface area contributed by atoms with Crippen LogP contribution in [0, 0.1) is 5.41 Å². The van der Waals surface area contributed by atoms with Gasteiger partial charge in [-0.15, -0.1) is 0 Å². The Morgan fingerprint density at radius 2 is 1.76 bits per heavy atom. The monoisotopic (exact) mass is 275 g/mol. The normalized spacial score (nSPS) is 14.3. The molecule has 0 amide bonds. The third-order valence-corrected chi connectivity index (χ3v) is 3.42. The van der Waals surface area contributed by atoms with Gasteiger partial charge in [-0.1, -0.05) is 66.3 Å². The van der Waals surface area contributed by atoms with E-state index in [9.17, 15) is 0 Å². The van der Waals surface area contributed by atoms with Crippen LogP contribution < -0.4 is 10.4 Å². The molecule has 2 rings (SSSR count). The number of nitrogens with one attached hydrogen (secondary N) is 1. The average molecular weight is 275 g/mol. The standard InChI is InChI=1S/C20H21N/c1-4-19-18(12-10-15(2)9-11-16(3)21)14-13-17-7-5-6-8-20(17)19/h4-14,21H,1-3H3/b11-9-,15-10+,18-12-,19-4+,21-16?. The number of benzene rings is 2. The molecule has 0 bridgehead atoms. The van der Waals surface area contributed by atoms with E-state index in [1.54, 1.807) is 6.92 Å². The smallest absolute Gasteiger partial charge is 0.0283 e. The van der Waals surface area contributed by atoms with Gasteiger partial charge in [0, 0.05) is 5.71 Å². The largest absolute Gasteiger partial charge is 0.306 e. The minimum absolute atomic E-state index is 0.566. The topological polar surface area (TPSA) is 23.9 Å². The second kappa shape index (κ2) is 6.85. The Morgan fingerprint density at radius 1 is 1.00 bits per heavy atom. The van der Waals surface area contributed by atoms with Crippen LogP contribution >= 0.6 is 0 Å². The van der Waals surface area contributed by atoms with Crippen molar-refractivity contribution >= 4 is 28.6 Å². The molecule has 0 radical (unpaired) electrons. The summed E-state index contributed by atoms with van der Waals surface area (Å²) in [7, 11) is 0. The van der Waals surface area contributed by atoms with Crippen LogP contribution in [0.1, 0.15) is 20.8 Å². The first-order chi connectivity index (χ1) is 10.1. The molecule has 0 saturated carbocycles. The van der Waals surface area contributed by atoms with Crippen molar-refractivity contribution in [3.05, 3.63) is 70.6 Å². The molecule has 0 heterocycles. The molecule has 0 unspecified atom stereocenters. The molecule has 0 fully saturated rings. The van der Waals surface area contributed by atoms with Crippen LogP contribution in [0.5, 0.6) is 0 Å². The molecule has 106 valence electrons. The van der Waals surface area contributed by atoms with E-state index in [-0.39, 0.29) is 0 Å². The summed E-state index contributed by atoms with van der Waals surface area (Å²) >= 11 is 0. The molecule has 2 aromatic carbocycles. The van der Waals surface area contributed by atoms with E-state index in [0.717, 1.165) is 5.57 Å². The summed E-state index contributed by atoms with van der Waals surface area (Å²) in [6.07, 6.45) is 10.2. The molecular formula is C20H21N. The van der Waals surface area contributed by atoms with Gasteiger partial charge < -0.3 is 5.41 Å². The molecule has 0 atom stereocenters. The van der Waals surface area contributed by atoms with Gasteiger partial charge in [0.1, 0.15) is 0 Å². The van der Waals surface area contributed by atoms with Crippen molar-refractivity contribution in [1.82, 2.24) is 0 Å². The maximum absolute atomic E-state index is 7.41. The van der Waals surface area contributed by atoms with Crippen LogP contribution in [0.3, 0.4) is 0 Å². The van der Waals surface area contributed by atoms with Gasteiger partial charge >= 0.3 is 0 Å². The lowest BCUT2D eigenvalue weighted by Gasteiger charge is -1.99.